The van der Waals surface area contributed by atoms with E-state index < -0.39 is 0 Å². The van der Waals surface area contributed by atoms with E-state index in [1.54, 1.807) is 5.57 Å². The van der Waals surface area contributed by atoms with Crippen LogP contribution in [0.4, 0.5) is 0 Å². The number of hydrogen-bond acceptors (Lipinski definition) is 1. The molecule has 1 aliphatic carbocycles. The molecular formula is C11H21N. The summed E-state index contributed by atoms with van der Waals surface area (Å²) in [5.74, 6) is 0. The molecule has 70 valence electrons. The Morgan fingerprint density at radius 3 is 2.33 bits per heavy atom. The molecule has 2 aliphatic rings. The highest BCUT2D eigenvalue weighted by molar-refractivity contribution is 5.67. The van der Waals surface area contributed by atoms with Crippen LogP contribution >= 0.6 is 0 Å². The summed E-state index contributed by atoms with van der Waals surface area (Å²) in [5, 5.41) is 0. The van der Waals surface area contributed by atoms with Gasteiger partial charge >= 0.3 is 0 Å². The monoisotopic (exact) mass is 167 g/mol. The molecule has 0 fully saturated rings. The van der Waals surface area contributed by atoms with Gasteiger partial charge in [0.15, 0.2) is 0 Å². The fourth-order valence-electron chi connectivity index (χ4n) is 1.43. The first-order valence-electron chi connectivity index (χ1n) is 5.20. The van der Waals surface area contributed by atoms with Crippen LogP contribution in [0.2, 0.25) is 0 Å². The quantitative estimate of drug-likeness (QED) is 0.518. The van der Waals surface area contributed by atoms with Crippen molar-refractivity contribution in [2.24, 2.45) is 4.99 Å². The molecule has 12 heavy (non-hydrogen) atoms. The van der Waals surface area contributed by atoms with Gasteiger partial charge in [-0.2, -0.15) is 0 Å². The van der Waals surface area contributed by atoms with Crippen LogP contribution in [0, 0.1) is 0 Å². The van der Waals surface area contributed by atoms with Gasteiger partial charge in [-0.3, -0.25) is 4.99 Å². The third kappa shape index (κ3) is 2.80. The first-order chi connectivity index (χ1) is 5.97. The minimum absolute atomic E-state index is 1.15. The van der Waals surface area contributed by atoms with E-state index in [4.69, 9.17) is 0 Å². The second-order valence-corrected chi connectivity index (χ2v) is 2.42. The first kappa shape index (κ1) is 11.4. The van der Waals surface area contributed by atoms with Crippen LogP contribution < -0.4 is 0 Å². The standard InChI is InChI=1S/C7H9N.2C2H6/c1-2-6-4-5-8-7(6)3-1;2*1-2/h5H,1-4H2;2*1-2H3. The molecule has 1 nitrogen and oxygen atoms in total. The zero-order chi connectivity index (χ0) is 9.40. The van der Waals surface area contributed by atoms with Crippen LogP contribution in [0.1, 0.15) is 53.4 Å². The molecule has 0 amide bonds. The number of aliphatic imine (C=N–C) groups is 1. The summed E-state index contributed by atoms with van der Waals surface area (Å²) in [4.78, 5) is 4.25. The van der Waals surface area contributed by atoms with Gasteiger partial charge in [-0.05, 0) is 24.8 Å². The Kier molecular flexibility index (Phi) is 6.73. The van der Waals surface area contributed by atoms with E-state index in [2.05, 4.69) is 4.99 Å². The summed E-state index contributed by atoms with van der Waals surface area (Å²) in [7, 11) is 0. The number of allylic oxidation sites excluding steroid dienone is 2. The van der Waals surface area contributed by atoms with Crippen LogP contribution in [-0.2, 0) is 0 Å². The number of rotatable bonds is 0. The fourth-order valence-corrected chi connectivity index (χ4v) is 1.43. The third-order valence-corrected chi connectivity index (χ3v) is 1.89. The zero-order valence-electron chi connectivity index (χ0n) is 8.85. The highest BCUT2D eigenvalue weighted by atomic mass is 14.8. The maximum Gasteiger partial charge on any atom is 0.0395 e. The summed E-state index contributed by atoms with van der Waals surface area (Å²) in [6.07, 6.45) is 7.09. The second-order valence-electron chi connectivity index (χ2n) is 2.42. The Bertz CT molecular complexity index is 166. The van der Waals surface area contributed by atoms with Gasteiger partial charge in [-0.25, -0.2) is 0 Å². The molecule has 2 rings (SSSR count). The molecule has 1 aliphatic heterocycles. The average Bonchev–Trinajstić information content (AvgIpc) is 2.72. The summed E-state index contributed by atoms with van der Waals surface area (Å²) in [6, 6.07) is 0. The Morgan fingerprint density at radius 2 is 1.75 bits per heavy atom. The smallest absolute Gasteiger partial charge is 0.0395 e. The van der Waals surface area contributed by atoms with Gasteiger partial charge in [0.05, 0.1) is 0 Å². The third-order valence-electron chi connectivity index (χ3n) is 1.89. The molecule has 0 aromatic rings. The lowest BCUT2D eigenvalue weighted by Gasteiger charge is -1.86. The van der Waals surface area contributed by atoms with Crippen molar-refractivity contribution in [1.29, 1.82) is 0 Å². The van der Waals surface area contributed by atoms with Gasteiger partial charge in [0.25, 0.3) is 0 Å². The van der Waals surface area contributed by atoms with Crippen molar-refractivity contribution < 1.29 is 0 Å². The highest BCUT2D eigenvalue weighted by Gasteiger charge is 2.15. The van der Waals surface area contributed by atoms with Crippen LogP contribution in [0.15, 0.2) is 16.3 Å². The Hall–Kier alpha value is -0.590. The van der Waals surface area contributed by atoms with Crippen molar-refractivity contribution in [2.75, 3.05) is 0 Å². The maximum atomic E-state index is 4.25. The summed E-state index contributed by atoms with van der Waals surface area (Å²) in [6.45, 7) is 8.00. The number of nitrogens with zero attached hydrogens (tertiary/aromatic N) is 1. The minimum Gasteiger partial charge on any atom is -0.265 e. The number of hydrogen-bond donors (Lipinski definition) is 0. The molecular weight excluding hydrogens is 146 g/mol. The van der Waals surface area contributed by atoms with Crippen molar-refractivity contribution in [3.05, 3.63) is 11.3 Å². The van der Waals surface area contributed by atoms with Gasteiger partial charge in [-0.15, -0.1) is 0 Å². The van der Waals surface area contributed by atoms with Gasteiger partial charge in [0.1, 0.15) is 0 Å². The Morgan fingerprint density at radius 1 is 1.08 bits per heavy atom. The van der Waals surface area contributed by atoms with E-state index >= 15 is 0 Å². The van der Waals surface area contributed by atoms with Crippen molar-refractivity contribution in [2.45, 2.75) is 53.4 Å². The van der Waals surface area contributed by atoms with Crippen LogP contribution in [-0.4, -0.2) is 6.21 Å². The normalized spacial score (nSPS) is 17.7. The zero-order valence-corrected chi connectivity index (χ0v) is 8.85. The average molecular weight is 167 g/mol. The van der Waals surface area contributed by atoms with Gasteiger partial charge in [0.2, 0.25) is 0 Å². The van der Waals surface area contributed by atoms with E-state index in [0.29, 0.717) is 0 Å². The molecule has 0 saturated carbocycles. The first-order valence-corrected chi connectivity index (χ1v) is 5.20. The van der Waals surface area contributed by atoms with Crippen molar-refractivity contribution in [3.63, 3.8) is 0 Å². The highest BCUT2D eigenvalue weighted by Crippen LogP contribution is 2.31. The predicted molar refractivity (Wildman–Crippen MR) is 56.7 cm³/mol. The van der Waals surface area contributed by atoms with E-state index in [1.165, 1.54) is 25.0 Å². The largest absolute Gasteiger partial charge is 0.265 e. The predicted octanol–water partition coefficient (Wildman–Crippen LogP) is 3.95. The molecule has 0 spiro atoms. The fraction of sp³-hybridized carbons (Fsp3) is 0.727. The topological polar surface area (TPSA) is 12.4 Å². The second kappa shape index (κ2) is 7.08. The SMILES string of the molecule is C1=NC2=C(C1)CCC2.CC.CC. The van der Waals surface area contributed by atoms with Crippen molar-refractivity contribution in [1.82, 2.24) is 0 Å². The summed E-state index contributed by atoms with van der Waals surface area (Å²) < 4.78 is 0. The van der Waals surface area contributed by atoms with Crippen LogP contribution in [0.5, 0.6) is 0 Å². The molecule has 1 heterocycles. The van der Waals surface area contributed by atoms with Crippen molar-refractivity contribution in [3.8, 4) is 0 Å². The van der Waals surface area contributed by atoms with Gasteiger partial charge in [0, 0.05) is 18.3 Å². The Balaban J connectivity index is 0.000000269. The maximum absolute atomic E-state index is 4.25. The Labute approximate surface area is 76.6 Å². The molecule has 0 bridgehead atoms. The molecule has 0 atom stereocenters. The van der Waals surface area contributed by atoms with E-state index in [1.807, 2.05) is 33.9 Å². The van der Waals surface area contributed by atoms with Crippen molar-refractivity contribution >= 4 is 6.21 Å². The molecule has 0 aromatic heterocycles. The lowest BCUT2D eigenvalue weighted by Crippen LogP contribution is -1.72. The van der Waals surface area contributed by atoms with E-state index in [0.717, 1.165) is 6.42 Å². The molecule has 0 aromatic carbocycles. The molecule has 0 saturated heterocycles. The van der Waals surface area contributed by atoms with Gasteiger partial charge in [-0.1, -0.05) is 27.7 Å². The lowest BCUT2D eigenvalue weighted by atomic mass is 10.2. The summed E-state index contributed by atoms with van der Waals surface area (Å²) >= 11 is 0. The lowest BCUT2D eigenvalue weighted by molar-refractivity contribution is 0.878. The molecule has 0 radical (unpaired) electrons. The van der Waals surface area contributed by atoms with E-state index in [-0.39, 0.29) is 0 Å². The summed E-state index contributed by atoms with van der Waals surface area (Å²) in [5.41, 5.74) is 3.00. The van der Waals surface area contributed by atoms with E-state index in [9.17, 15) is 0 Å². The van der Waals surface area contributed by atoms with Crippen LogP contribution in [0.25, 0.3) is 0 Å². The molecule has 0 N–H and O–H groups in total. The van der Waals surface area contributed by atoms with Crippen LogP contribution in [0.3, 0.4) is 0 Å². The molecule has 1 heteroatoms. The minimum atomic E-state index is 1.15. The van der Waals surface area contributed by atoms with Gasteiger partial charge < -0.3 is 0 Å². The molecule has 0 unspecified atom stereocenters.